The monoisotopic (exact) mass is 482 g/mol. The Labute approximate surface area is 197 Å². The molecule has 5 nitrogen and oxygen atoms in total. The number of hydrogen-bond acceptors (Lipinski definition) is 4. The largest absolute Gasteiger partial charge is 0.369 e. The van der Waals surface area contributed by atoms with Crippen molar-refractivity contribution in [2.75, 3.05) is 38.1 Å². The molecule has 2 saturated carbocycles. The number of fused-ring (bicyclic) bond motifs is 2. The highest BCUT2D eigenvalue weighted by molar-refractivity contribution is 5.86. The van der Waals surface area contributed by atoms with Gasteiger partial charge in [-0.2, -0.15) is 0 Å². The number of hydrogen-bond donors (Lipinski definition) is 2. The van der Waals surface area contributed by atoms with Gasteiger partial charge in [-0.05, 0) is 63.3 Å². The lowest BCUT2D eigenvalue weighted by Gasteiger charge is -2.36. The van der Waals surface area contributed by atoms with Crippen molar-refractivity contribution in [2.24, 2.45) is 23.5 Å². The molecule has 1 amide bonds. The molecule has 0 aromatic heterocycles. The molecule has 30 heavy (non-hydrogen) atoms. The number of halogens is 4. The van der Waals surface area contributed by atoms with E-state index in [1.54, 1.807) is 6.07 Å². The molecule has 0 radical (unpaired) electrons. The van der Waals surface area contributed by atoms with Crippen LogP contribution in [0.5, 0.6) is 0 Å². The van der Waals surface area contributed by atoms with Gasteiger partial charge < -0.3 is 20.9 Å². The highest BCUT2D eigenvalue weighted by atomic mass is 35.5. The zero-order valence-corrected chi connectivity index (χ0v) is 20.0. The van der Waals surface area contributed by atoms with Gasteiger partial charge in [-0.1, -0.05) is 0 Å². The van der Waals surface area contributed by atoms with Gasteiger partial charge in [-0.15, -0.1) is 37.2 Å². The van der Waals surface area contributed by atoms with Crippen LogP contribution in [-0.4, -0.2) is 50.1 Å². The Morgan fingerprint density at radius 2 is 1.77 bits per heavy atom. The fourth-order valence-electron chi connectivity index (χ4n) is 5.32. The molecule has 5 atom stereocenters. The molecule has 9 heteroatoms. The molecular formula is C21H34Cl3FN4O. The van der Waals surface area contributed by atoms with Gasteiger partial charge in [-0.3, -0.25) is 4.79 Å². The first kappa shape index (κ1) is 27.2. The van der Waals surface area contributed by atoms with Crippen LogP contribution in [0.4, 0.5) is 10.1 Å². The molecule has 1 aliphatic heterocycles. The number of benzene rings is 1. The number of carbonyl (C=O) groups is 1. The SMILES string of the molecule is CC(NC(=O)C1C2CCC(C2)C1N)c1cc(F)ccc1N1CCN(C)CC1.Cl.Cl.Cl. The van der Waals surface area contributed by atoms with Crippen molar-refractivity contribution in [1.82, 2.24) is 10.2 Å². The van der Waals surface area contributed by atoms with Crippen LogP contribution in [-0.2, 0) is 4.79 Å². The van der Waals surface area contributed by atoms with Gasteiger partial charge in [0.05, 0.1) is 12.0 Å². The maximum absolute atomic E-state index is 14.0. The molecule has 1 aromatic carbocycles. The highest BCUT2D eigenvalue weighted by Crippen LogP contribution is 2.47. The van der Waals surface area contributed by atoms with E-state index in [1.165, 1.54) is 6.07 Å². The number of nitrogens with zero attached hydrogens (tertiary/aromatic N) is 2. The van der Waals surface area contributed by atoms with Crippen molar-refractivity contribution in [3.63, 3.8) is 0 Å². The molecule has 1 saturated heterocycles. The summed E-state index contributed by atoms with van der Waals surface area (Å²) in [6.07, 6.45) is 3.35. The number of carbonyl (C=O) groups excluding carboxylic acids is 1. The molecule has 3 aliphatic rings. The minimum absolute atomic E-state index is 0. The van der Waals surface area contributed by atoms with E-state index in [1.807, 2.05) is 13.0 Å². The van der Waals surface area contributed by atoms with Gasteiger partial charge in [0.25, 0.3) is 0 Å². The summed E-state index contributed by atoms with van der Waals surface area (Å²) < 4.78 is 14.0. The molecule has 172 valence electrons. The van der Waals surface area contributed by atoms with Gasteiger partial charge >= 0.3 is 0 Å². The van der Waals surface area contributed by atoms with Crippen LogP contribution >= 0.6 is 37.2 Å². The summed E-state index contributed by atoms with van der Waals surface area (Å²) in [6.45, 7) is 5.74. The average Bonchev–Trinajstić information content (AvgIpc) is 3.23. The topological polar surface area (TPSA) is 61.6 Å². The lowest BCUT2D eigenvalue weighted by atomic mass is 9.84. The predicted molar refractivity (Wildman–Crippen MR) is 127 cm³/mol. The van der Waals surface area contributed by atoms with Crippen LogP contribution in [0.2, 0.25) is 0 Å². The van der Waals surface area contributed by atoms with E-state index < -0.39 is 0 Å². The van der Waals surface area contributed by atoms with E-state index in [2.05, 4.69) is 22.2 Å². The molecule has 0 spiro atoms. The quantitative estimate of drug-likeness (QED) is 0.689. The average molecular weight is 484 g/mol. The number of amides is 1. The molecule has 3 fully saturated rings. The second kappa shape index (κ2) is 11.2. The number of nitrogens with two attached hydrogens (primary N) is 1. The summed E-state index contributed by atoms with van der Waals surface area (Å²) in [5, 5.41) is 3.15. The lowest BCUT2D eigenvalue weighted by molar-refractivity contribution is -0.127. The molecule has 1 heterocycles. The van der Waals surface area contributed by atoms with Gasteiger partial charge in [-0.25, -0.2) is 4.39 Å². The van der Waals surface area contributed by atoms with Crippen molar-refractivity contribution in [3.05, 3.63) is 29.6 Å². The first-order valence-electron chi connectivity index (χ1n) is 10.2. The lowest BCUT2D eigenvalue weighted by Crippen LogP contribution is -2.46. The van der Waals surface area contributed by atoms with Crippen LogP contribution < -0.4 is 16.0 Å². The fourth-order valence-corrected chi connectivity index (χ4v) is 5.32. The third-order valence-corrected chi connectivity index (χ3v) is 6.94. The summed E-state index contributed by atoms with van der Waals surface area (Å²) in [6, 6.07) is 4.66. The Balaban J connectivity index is 0.00000150. The van der Waals surface area contributed by atoms with Gasteiger partial charge in [0, 0.05) is 43.5 Å². The van der Waals surface area contributed by atoms with Crippen molar-refractivity contribution in [3.8, 4) is 0 Å². The third kappa shape index (κ3) is 5.33. The number of piperazine rings is 1. The molecular weight excluding hydrogens is 450 g/mol. The summed E-state index contributed by atoms with van der Waals surface area (Å²) >= 11 is 0. The Morgan fingerprint density at radius 3 is 2.37 bits per heavy atom. The van der Waals surface area contributed by atoms with E-state index in [4.69, 9.17) is 5.73 Å². The fraction of sp³-hybridized carbons (Fsp3) is 0.667. The maximum atomic E-state index is 14.0. The van der Waals surface area contributed by atoms with Crippen LogP contribution in [0.3, 0.4) is 0 Å². The van der Waals surface area contributed by atoms with Crippen LogP contribution in [0, 0.1) is 23.6 Å². The molecule has 2 bridgehead atoms. The van der Waals surface area contributed by atoms with Gasteiger partial charge in [0.2, 0.25) is 5.91 Å². The summed E-state index contributed by atoms with van der Waals surface area (Å²) in [5.74, 6) is 0.598. The summed E-state index contributed by atoms with van der Waals surface area (Å²) in [7, 11) is 2.12. The number of nitrogens with one attached hydrogen (secondary N) is 1. The first-order chi connectivity index (χ1) is 12.9. The van der Waals surface area contributed by atoms with E-state index in [-0.39, 0.29) is 66.9 Å². The maximum Gasteiger partial charge on any atom is 0.225 e. The summed E-state index contributed by atoms with van der Waals surface area (Å²) in [4.78, 5) is 17.5. The predicted octanol–water partition coefficient (Wildman–Crippen LogP) is 3.39. The van der Waals surface area contributed by atoms with E-state index in [0.717, 1.165) is 56.7 Å². The normalized spacial score (nSPS) is 28.7. The minimum atomic E-state index is -0.263. The van der Waals surface area contributed by atoms with Gasteiger partial charge in [0.15, 0.2) is 0 Å². The molecule has 1 aromatic rings. The Hall–Kier alpha value is -0.790. The Bertz CT molecular complexity index is 715. The zero-order valence-electron chi connectivity index (χ0n) is 17.6. The molecule has 3 N–H and O–H groups in total. The zero-order chi connectivity index (χ0) is 19.1. The standard InChI is InChI=1S/C21H31FN4O.3ClH/c1-13(24-21(27)19-14-3-4-15(11-14)20(19)23)17-12-16(22)5-6-18(17)26-9-7-25(2)8-10-26;;;/h5-6,12-15,19-20H,3-4,7-11,23H2,1-2H3,(H,24,27);3*1H. The Kier molecular flexibility index (Phi) is 10.2. The second-order valence-electron chi connectivity index (χ2n) is 8.66. The van der Waals surface area contributed by atoms with Crippen LogP contribution in [0.15, 0.2) is 18.2 Å². The van der Waals surface area contributed by atoms with Crippen molar-refractivity contribution >= 4 is 48.8 Å². The summed E-state index contributed by atoms with van der Waals surface area (Å²) in [5.41, 5.74) is 8.20. The van der Waals surface area contributed by atoms with E-state index in [0.29, 0.717) is 11.8 Å². The van der Waals surface area contributed by atoms with E-state index >= 15 is 0 Å². The van der Waals surface area contributed by atoms with Crippen LogP contribution in [0.1, 0.15) is 37.8 Å². The van der Waals surface area contributed by atoms with Crippen LogP contribution in [0.25, 0.3) is 0 Å². The third-order valence-electron chi connectivity index (χ3n) is 6.94. The van der Waals surface area contributed by atoms with E-state index in [9.17, 15) is 9.18 Å². The second-order valence-corrected chi connectivity index (χ2v) is 8.66. The number of anilines is 1. The molecule has 5 unspecified atom stereocenters. The number of rotatable bonds is 4. The minimum Gasteiger partial charge on any atom is -0.369 e. The van der Waals surface area contributed by atoms with Crippen molar-refractivity contribution in [2.45, 2.75) is 38.3 Å². The number of likely N-dealkylation sites (N-methyl/N-ethyl adjacent to an activating group) is 1. The Morgan fingerprint density at radius 1 is 1.13 bits per heavy atom. The molecule has 4 rings (SSSR count). The first-order valence-corrected chi connectivity index (χ1v) is 10.2. The van der Waals surface area contributed by atoms with Crippen molar-refractivity contribution < 1.29 is 9.18 Å². The van der Waals surface area contributed by atoms with Crippen molar-refractivity contribution in [1.29, 1.82) is 0 Å². The smallest absolute Gasteiger partial charge is 0.225 e. The van der Waals surface area contributed by atoms with Gasteiger partial charge in [0.1, 0.15) is 5.82 Å². The molecule has 2 aliphatic carbocycles. The highest BCUT2D eigenvalue weighted by Gasteiger charge is 2.49.